The Bertz CT molecular complexity index is 1490. The molecule has 1 saturated heterocycles. The molecule has 1 aromatic heterocycles. The minimum Gasteiger partial charge on any atom is -0.497 e. The first-order chi connectivity index (χ1) is 19.0. The molecule has 5 rings (SSSR count). The Morgan fingerprint density at radius 2 is 1.74 bits per heavy atom. The number of ether oxygens (including phenoxy) is 2. The Balaban J connectivity index is 1.48. The van der Waals surface area contributed by atoms with Crippen molar-refractivity contribution >= 4 is 53.0 Å². The number of benzene rings is 3. The van der Waals surface area contributed by atoms with Crippen molar-refractivity contribution in [3.8, 4) is 5.75 Å². The highest BCUT2D eigenvalue weighted by molar-refractivity contribution is 7.71. The van der Waals surface area contributed by atoms with Crippen molar-refractivity contribution in [2.45, 2.75) is 13.1 Å². The van der Waals surface area contributed by atoms with E-state index in [1.807, 2.05) is 59.3 Å². The van der Waals surface area contributed by atoms with E-state index < -0.39 is 0 Å². The Labute approximate surface area is 242 Å². The summed E-state index contributed by atoms with van der Waals surface area (Å²) in [7, 11) is 1.64. The van der Waals surface area contributed by atoms with Gasteiger partial charge in [0.1, 0.15) is 5.75 Å². The number of morpholine rings is 1. The van der Waals surface area contributed by atoms with Crippen LogP contribution in [0.3, 0.4) is 0 Å². The van der Waals surface area contributed by atoms with Gasteiger partial charge in [-0.25, -0.2) is 4.68 Å². The largest absolute Gasteiger partial charge is 0.497 e. The van der Waals surface area contributed by atoms with Crippen LogP contribution in [-0.4, -0.2) is 59.0 Å². The first-order valence-electron chi connectivity index (χ1n) is 12.5. The highest BCUT2D eigenvalue weighted by Gasteiger charge is 2.17. The minimum atomic E-state index is 0.477. The maximum absolute atomic E-state index is 6.43. The molecule has 0 radical (unpaired) electrons. The van der Waals surface area contributed by atoms with Gasteiger partial charge in [-0.15, -0.1) is 0 Å². The van der Waals surface area contributed by atoms with Gasteiger partial charge in [0.05, 0.1) is 48.9 Å². The maximum atomic E-state index is 6.43. The molecule has 3 aromatic carbocycles. The summed E-state index contributed by atoms with van der Waals surface area (Å²) in [6, 6.07) is 21.1. The molecule has 202 valence electrons. The quantitative estimate of drug-likeness (QED) is 0.186. The number of anilines is 2. The van der Waals surface area contributed by atoms with E-state index in [1.54, 1.807) is 30.1 Å². The molecule has 1 fully saturated rings. The fourth-order valence-corrected chi connectivity index (χ4v) is 4.97. The molecule has 2 heterocycles. The molecule has 1 aliphatic rings. The second-order valence-corrected chi connectivity index (χ2v) is 10.1. The van der Waals surface area contributed by atoms with Crippen LogP contribution < -0.4 is 10.1 Å². The first kappa shape index (κ1) is 27.4. The highest BCUT2D eigenvalue weighted by atomic mass is 35.5. The van der Waals surface area contributed by atoms with Crippen LogP contribution in [-0.2, 0) is 17.8 Å². The van der Waals surface area contributed by atoms with Crippen LogP contribution >= 0.6 is 35.4 Å². The molecular weight excluding hydrogens is 555 g/mol. The number of hydrogen-bond acceptors (Lipinski definition) is 7. The molecule has 0 spiro atoms. The van der Waals surface area contributed by atoms with E-state index in [1.165, 1.54) is 0 Å². The lowest BCUT2D eigenvalue weighted by molar-refractivity contribution is 0.0209. The molecule has 0 unspecified atom stereocenters. The Morgan fingerprint density at radius 3 is 2.46 bits per heavy atom. The lowest BCUT2D eigenvalue weighted by Gasteiger charge is -2.25. The Morgan fingerprint density at radius 1 is 1.03 bits per heavy atom. The fraction of sp³-hybridized carbons (Fsp3) is 0.250. The summed E-state index contributed by atoms with van der Waals surface area (Å²) >= 11 is 18.7. The van der Waals surface area contributed by atoms with E-state index in [-0.39, 0.29) is 0 Å². The second kappa shape index (κ2) is 12.8. The van der Waals surface area contributed by atoms with Gasteiger partial charge >= 0.3 is 0 Å². The second-order valence-electron chi connectivity index (χ2n) is 8.96. The lowest BCUT2D eigenvalue weighted by Crippen LogP contribution is -2.37. The first-order valence-corrected chi connectivity index (χ1v) is 13.6. The molecule has 39 heavy (non-hydrogen) atoms. The third-order valence-corrected chi connectivity index (χ3v) is 7.36. The van der Waals surface area contributed by atoms with Gasteiger partial charge < -0.3 is 14.8 Å². The van der Waals surface area contributed by atoms with Crippen molar-refractivity contribution in [1.29, 1.82) is 0 Å². The summed E-state index contributed by atoms with van der Waals surface area (Å²) in [6.07, 6.45) is 2.25. The van der Waals surface area contributed by atoms with E-state index in [9.17, 15) is 0 Å². The number of para-hydroxylation sites is 2. The number of hydrogen-bond donors (Lipinski definition) is 1. The number of nitrogens with zero attached hydrogens (tertiary/aromatic N) is 5. The number of nitrogens with one attached hydrogen (secondary N) is 1. The molecule has 0 amide bonds. The predicted octanol–water partition coefficient (Wildman–Crippen LogP) is 6.24. The number of rotatable bonds is 9. The van der Waals surface area contributed by atoms with E-state index >= 15 is 0 Å². The van der Waals surface area contributed by atoms with Crippen LogP contribution in [0.5, 0.6) is 5.75 Å². The molecule has 8 nitrogen and oxygen atoms in total. The van der Waals surface area contributed by atoms with Crippen molar-refractivity contribution in [2.75, 3.05) is 38.7 Å². The standard InChI is InChI=1S/C28H28Cl2N6O2S/c1-37-22-11-9-20(10-12-22)18-31-36-26(33-35(28(36)39)19-34-13-15-38-16-14-34)17-21-5-2-3-8-25(21)32-27-23(29)6-4-7-24(27)30/h2-12,18,32H,13-17,19H2,1H3/b31-18+. The van der Waals surface area contributed by atoms with Gasteiger partial charge in [-0.1, -0.05) is 47.5 Å². The Kier molecular flexibility index (Phi) is 8.95. The van der Waals surface area contributed by atoms with Gasteiger partial charge in [0, 0.05) is 25.2 Å². The van der Waals surface area contributed by atoms with Gasteiger partial charge in [-0.2, -0.15) is 14.9 Å². The average Bonchev–Trinajstić information content (AvgIpc) is 3.24. The van der Waals surface area contributed by atoms with Gasteiger partial charge in [0.25, 0.3) is 0 Å². The van der Waals surface area contributed by atoms with Gasteiger partial charge in [0.15, 0.2) is 5.82 Å². The van der Waals surface area contributed by atoms with Gasteiger partial charge in [-0.05, 0) is 65.8 Å². The monoisotopic (exact) mass is 582 g/mol. The van der Waals surface area contributed by atoms with Gasteiger partial charge in [0.2, 0.25) is 4.77 Å². The smallest absolute Gasteiger partial charge is 0.220 e. The van der Waals surface area contributed by atoms with Crippen molar-refractivity contribution in [3.05, 3.63) is 98.5 Å². The van der Waals surface area contributed by atoms with E-state index in [0.29, 0.717) is 52.6 Å². The van der Waals surface area contributed by atoms with Crippen LogP contribution in [0, 0.1) is 4.77 Å². The normalized spacial score (nSPS) is 14.1. The zero-order valence-corrected chi connectivity index (χ0v) is 23.7. The molecular formula is C28H28Cl2N6O2S. The zero-order valence-electron chi connectivity index (χ0n) is 21.4. The summed E-state index contributed by atoms with van der Waals surface area (Å²) < 4.78 is 14.8. The van der Waals surface area contributed by atoms with Crippen LogP contribution in [0.2, 0.25) is 10.0 Å². The van der Waals surface area contributed by atoms with E-state index in [4.69, 9.17) is 55.1 Å². The van der Waals surface area contributed by atoms with Gasteiger partial charge in [-0.3, -0.25) is 4.90 Å². The third kappa shape index (κ3) is 6.69. The average molecular weight is 584 g/mol. The van der Waals surface area contributed by atoms with Crippen LogP contribution in [0.4, 0.5) is 11.4 Å². The van der Waals surface area contributed by atoms with Crippen LogP contribution in [0.1, 0.15) is 17.0 Å². The molecule has 1 N–H and O–H groups in total. The molecule has 0 bridgehead atoms. The molecule has 1 aliphatic heterocycles. The van der Waals surface area contributed by atoms with Crippen molar-refractivity contribution in [3.63, 3.8) is 0 Å². The number of halogens is 2. The third-order valence-electron chi connectivity index (χ3n) is 6.35. The fourth-order valence-electron chi connectivity index (χ4n) is 4.23. The summed E-state index contributed by atoms with van der Waals surface area (Å²) in [5.74, 6) is 1.49. The summed E-state index contributed by atoms with van der Waals surface area (Å²) in [5.41, 5.74) is 3.43. The predicted molar refractivity (Wildman–Crippen MR) is 158 cm³/mol. The Hall–Kier alpha value is -3.21. The lowest BCUT2D eigenvalue weighted by atomic mass is 10.1. The maximum Gasteiger partial charge on any atom is 0.220 e. The summed E-state index contributed by atoms with van der Waals surface area (Å²) in [4.78, 5) is 2.27. The zero-order chi connectivity index (χ0) is 27.2. The van der Waals surface area contributed by atoms with Crippen molar-refractivity contribution in [2.24, 2.45) is 5.10 Å². The van der Waals surface area contributed by atoms with E-state index in [2.05, 4.69) is 10.2 Å². The number of methoxy groups -OCH3 is 1. The SMILES string of the molecule is COc1ccc(/C=N/n2c(Cc3ccccc3Nc3c(Cl)cccc3Cl)nn(CN3CCOCC3)c2=S)cc1. The van der Waals surface area contributed by atoms with Crippen LogP contribution in [0.15, 0.2) is 71.8 Å². The summed E-state index contributed by atoms with van der Waals surface area (Å²) in [5, 5.41) is 14.1. The van der Waals surface area contributed by atoms with Crippen LogP contribution in [0.25, 0.3) is 0 Å². The molecule has 11 heteroatoms. The summed E-state index contributed by atoms with van der Waals surface area (Å²) in [6.45, 7) is 3.60. The molecule has 0 aliphatic carbocycles. The molecule has 4 aromatic rings. The molecule has 0 saturated carbocycles. The van der Waals surface area contributed by atoms with E-state index in [0.717, 1.165) is 35.7 Å². The minimum absolute atomic E-state index is 0.477. The highest BCUT2D eigenvalue weighted by Crippen LogP contribution is 2.34. The van der Waals surface area contributed by atoms with Crippen molar-refractivity contribution in [1.82, 2.24) is 19.4 Å². The van der Waals surface area contributed by atoms with Crippen molar-refractivity contribution < 1.29 is 9.47 Å². The topological polar surface area (TPSA) is 68.8 Å². The molecule has 0 atom stereocenters. The number of aromatic nitrogens is 3.